The van der Waals surface area contributed by atoms with Crippen LogP contribution in [0, 0.1) is 5.92 Å². The lowest BCUT2D eigenvalue weighted by Gasteiger charge is -2.31. The third kappa shape index (κ3) is 2.97. The Balaban J connectivity index is 1.85. The molecule has 0 N–H and O–H groups in total. The van der Waals surface area contributed by atoms with Crippen molar-refractivity contribution in [2.45, 2.75) is 12.8 Å². The molecule has 3 nitrogen and oxygen atoms in total. The predicted octanol–water partition coefficient (Wildman–Crippen LogP) is 4.08. The number of amides is 1. The largest absolute Gasteiger partial charge is 0.312 e. The highest BCUT2D eigenvalue weighted by molar-refractivity contribution is 9.10. The van der Waals surface area contributed by atoms with E-state index in [1.54, 1.807) is 17.0 Å². The van der Waals surface area contributed by atoms with Gasteiger partial charge in [-0.25, -0.2) is 0 Å². The summed E-state index contributed by atoms with van der Waals surface area (Å²) in [6.45, 7) is 0.672. The van der Waals surface area contributed by atoms with Crippen LogP contribution in [0.5, 0.6) is 0 Å². The monoisotopic (exact) mass is 357 g/mol. The van der Waals surface area contributed by atoms with Crippen LogP contribution < -0.4 is 4.90 Å². The van der Waals surface area contributed by atoms with Gasteiger partial charge in [-0.1, -0.05) is 46.3 Å². The number of hydrogen-bond acceptors (Lipinski definition) is 2. The van der Waals surface area contributed by atoms with Crippen molar-refractivity contribution in [3.63, 3.8) is 0 Å². The van der Waals surface area contributed by atoms with Gasteiger partial charge in [0.1, 0.15) is 5.92 Å². The minimum atomic E-state index is -0.580. The lowest BCUT2D eigenvalue weighted by molar-refractivity contribution is -0.122. The number of rotatable bonds is 3. The fourth-order valence-corrected chi connectivity index (χ4v) is 3.22. The minimum Gasteiger partial charge on any atom is -0.312 e. The molecule has 0 aromatic heterocycles. The molecule has 4 heteroatoms. The van der Waals surface area contributed by atoms with Gasteiger partial charge in [0.2, 0.25) is 5.91 Å². The Morgan fingerprint density at radius 2 is 1.86 bits per heavy atom. The molecule has 1 aliphatic heterocycles. The number of anilines is 1. The molecule has 0 bridgehead atoms. The first-order chi connectivity index (χ1) is 10.7. The van der Waals surface area contributed by atoms with Crippen molar-refractivity contribution < 1.29 is 9.59 Å². The zero-order valence-electron chi connectivity index (χ0n) is 12.0. The van der Waals surface area contributed by atoms with E-state index in [2.05, 4.69) is 15.9 Å². The first-order valence-corrected chi connectivity index (χ1v) is 8.12. The molecule has 112 valence electrons. The average Bonchev–Trinajstić information content (AvgIpc) is 2.55. The summed E-state index contributed by atoms with van der Waals surface area (Å²) in [5, 5.41) is 0. The normalized spacial score (nSPS) is 18.3. The predicted molar refractivity (Wildman–Crippen MR) is 90.0 cm³/mol. The highest BCUT2D eigenvalue weighted by atomic mass is 79.9. The maximum atomic E-state index is 12.7. The fraction of sp³-hybridized carbons (Fsp3) is 0.222. The van der Waals surface area contributed by atoms with Crippen molar-refractivity contribution >= 4 is 33.3 Å². The Morgan fingerprint density at radius 1 is 1.09 bits per heavy atom. The van der Waals surface area contributed by atoms with E-state index >= 15 is 0 Å². The second-order valence-electron chi connectivity index (χ2n) is 5.39. The molecule has 0 aliphatic carbocycles. The van der Waals surface area contributed by atoms with Crippen LogP contribution in [0.3, 0.4) is 0 Å². The number of hydrogen-bond donors (Lipinski definition) is 0. The molecule has 1 unspecified atom stereocenters. The van der Waals surface area contributed by atoms with Gasteiger partial charge in [-0.15, -0.1) is 0 Å². The zero-order chi connectivity index (χ0) is 15.5. The van der Waals surface area contributed by atoms with Gasteiger partial charge in [0.05, 0.1) is 0 Å². The molecule has 3 rings (SSSR count). The smallest absolute Gasteiger partial charge is 0.237 e. The fourth-order valence-electron chi connectivity index (χ4n) is 2.83. The number of halogens is 1. The van der Waals surface area contributed by atoms with Crippen molar-refractivity contribution in [1.29, 1.82) is 0 Å². The van der Waals surface area contributed by atoms with E-state index in [0.717, 1.165) is 16.6 Å². The summed E-state index contributed by atoms with van der Waals surface area (Å²) < 4.78 is 0.849. The summed E-state index contributed by atoms with van der Waals surface area (Å²) in [7, 11) is 0. The molecule has 0 saturated carbocycles. The summed E-state index contributed by atoms with van der Waals surface area (Å²) in [5.41, 5.74) is 1.45. The molecular weight excluding hydrogens is 342 g/mol. The van der Waals surface area contributed by atoms with Crippen LogP contribution in [0.25, 0.3) is 0 Å². The number of carbonyl (C=O) groups excluding carboxylic acids is 2. The number of benzene rings is 2. The molecular formula is C18H16BrNO2. The average molecular weight is 358 g/mol. The number of piperidine rings is 1. The van der Waals surface area contributed by atoms with E-state index in [-0.39, 0.29) is 11.7 Å². The maximum absolute atomic E-state index is 12.7. The van der Waals surface area contributed by atoms with Crippen LogP contribution in [0.4, 0.5) is 5.69 Å². The standard InChI is InChI=1S/C18H16BrNO2/c19-14-7-4-6-13(12-14)17(21)16-10-5-11-20(18(16)22)15-8-2-1-3-9-15/h1-4,6-9,12,16H,5,10-11H2. The Bertz CT molecular complexity index is 699. The number of nitrogens with zero attached hydrogens (tertiary/aromatic N) is 1. The second-order valence-corrected chi connectivity index (χ2v) is 6.31. The van der Waals surface area contributed by atoms with E-state index in [1.807, 2.05) is 42.5 Å². The summed E-state index contributed by atoms with van der Waals surface area (Å²) in [4.78, 5) is 27.1. The lowest BCUT2D eigenvalue weighted by atomic mass is 9.89. The Labute approximate surface area is 138 Å². The maximum Gasteiger partial charge on any atom is 0.237 e. The van der Waals surface area contributed by atoms with Gasteiger partial charge in [0.15, 0.2) is 5.78 Å². The summed E-state index contributed by atoms with van der Waals surface area (Å²) in [6.07, 6.45) is 1.46. The van der Waals surface area contributed by atoms with E-state index in [9.17, 15) is 9.59 Å². The number of ketones is 1. The number of carbonyl (C=O) groups is 2. The molecule has 1 atom stereocenters. The van der Waals surface area contributed by atoms with Crippen LogP contribution in [-0.2, 0) is 4.79 Å². The van der Waals surface area contributed by atoms with Crippen LogP contribution in [0.2, 0.25) is 0 Å². The third-order valence-electron chi connectivity index (χ3n) is 3.93. The van der Waals surface area contributed by atoms with Gasteiger partial charge in [0.25, 0.3) is 0 Å². The quantitative estimate of drug-likeness (QED) is 0.613. The summed E-state index contributed by atoms with van der Waals surface area (Å²) >= 11 is 3.37. The molecule has 1 amide bonds. The molecule has 0 spiro atoms. The zero-order valence-corrected chi connectivity index (χ0v) is 13.6. The van der Waals surface area contributed by atoms with E-state index in [1.165, 1.54) is 0 Å². The SMILES string of the molecule is O=C(c1cccc(Br)c1)C1CCCN(c2ccccc2)C1=O. The highest BCUT2D eigenvalue weighted by Crippen LogP contribution is 2.27. The molecule has 1 aliphatic rings. The van der Waals surface area contributed by atoms with Crippen molar-refractivity contribution in [3.8, 4) is 0 Å². The Hall–Kier alpha value is -1.94. The Morgan fingerprint density at radius 3 is 2.59 bits per heavy atom. The third-order valence-corrected chi connectivity index (χ3v) is 4.43. The second kappa shape index (κ2) is 6.44. The first-order valence-electron chi connectivity index (χ1n) is 7.33. The first kappa shape index (κ1) is 15.0. The van der Waals surface area contributed by atoms with E-state index in [0.29, 0.717) is 18.5 Å². The summed E-state index contributed by atoms with van der Waals surface area (Å²) in [5.74, 6) is -0.766. The van der Waals surface area contributed by atoms with E-state index < -0.39 is 5.92 Å². The number of Topliss-reactive ketones (excluding diaryl/α,β-unsaturated/α-hetero) is 1. The van der Waals surface area contributed by atoms with Crippen molar-refractivity contribution in [2.24, 2.45) is 5.92 Å². The van der Waals surface area contributed by atoms with Gasteiger partial charge in [0, 0.05) is 22.3 Å². The van der Waals surface area contributed by atoms with Crippen LogP contribution >= 0.6 is 15.9 Å². The molecule has 1 saturated heterocycles. The molecule has 2 aromatic rings. The molecule has 2 aromatic carbocycles. The van der Waals surface area contributed by atoms with Crippen molar-refractivity contribution in [1.82, 2.24) is 0 Å². The van der Waals surface area contributed by atoms with Crippen LogP contribution in [0.15, 0.2) is 59.1 Å². The lowest BCUT2D eigenvalue weighted by Crippen LogP contribution is -2.44. The molecule has 0 radical (unpaired) electrons. The van der Waals surface area contributed by atoms with Gasteiger partial charge in [-0.2, -0.15) is 0 Å². The van der Waals surface area contributed by atoms with Crippen LogP contribution in [-0.4, -0.2) is 18.2 Å². The molecule has 22 heavy (non-hydrogen) atoms. The van der Waals surface area contributed by atoms with Crippen LogP contribution in [0.1, 0.15) is 23.2 Å². The van der Waals surface area contributed by atoms with Gasteiger partial charge in [-0.3, -0.25) is 9.59 Å². The van der Waals surface area contributed by atoms with Gasteiger partial charge >= 0.3 is 0 Å². The van der Waals surface area contributed by atoms with Gasteiger partial charge in [-0.05, 0) is 37.1 Å². The number of para-hydroxylation sites is 1. The van der Waals surface area contributed by atoms with E-state index in [4.69, 9.17) is 0 Å². The molecule has 1 fully saturated rings. The minimum absolute atomic E-state index is 0.0908. The van der Waals surface area contributed by atoms with Gasteiger partial charge < -0.3 is 4.90 Å². The molecule has 1 heterocycles. The summed E-state index contributed by atoms with van der Waals surface area (Å²) in [6, 6.07) is 16.8. The van der Waals surface area contributed by atoms with Crippen molar-refractivity contribution in [2.75, 3.05) is 11.4 Å². The van der Waals surface area contributed by atoms with Crippen molar-refractivity contribution in [3.05, 3.63) is 64.6 Å². The highest BCUT2D eigenvalue weighted by Gasteiger charge is 2.35. The Kier molecular flexibility index (Phi) is 4.39. The topological polar surface area (TPSA) is 37.4 Å².